The van der Waals surface area contributed by atoms with Crippen LogP contribution in [0.2, 0.25) is 0 Å². The van der Waals surface area contributed by atoms with Gasteiger partial charge in [-0.05, 0) is 30.2 Å². The fraction of sp³-hybridized carbons (Fsp3) is 0.100. The van der Waals surface area contributed by atoms with Crippen LogP contribution in [0.4, 0.5) is 0 Å². The number of aliphatic carboxylic acids is 1. The van der Waals surface area contributed by atoms with E-state index in [9.17, 15) is 14.7 Å². The zero-order chi connectivity index (χ0) is 17.1. The van der Waals surface area contributed by atoms with E-state index in [0.29, 0.717) is 5.56 Å². The van der Waals surface area contributed by atoms with Crippen LogP contribution in [-0.2, 0) is 11.3 Å². The monoisotopic (exact) mass is 319 g/mol. The van der Waals surface area contributed by atoms with Crippen LogP contribution in [0.15, 0.2) is 66.7 Å². The zero-order valence-corrected chi connectivity index (χ0v) is 13.3. The molecule has 120 valence electrons. The molecule has 0 saturated heterocycles. The first-order chi connectivity index (χ1) is 11.6. The van der Waals surface area contributed by atoms with Gasteiger partial charge in [-0.15, -0.1) is 0 Å². The molecule has 0 bridgehead atoms. The lowest BCUT2D eigenvalue weighted by Crippen LogP contribution is -2.11. The molecule has 0 amide bonds. The Balaban J connectivity index is 2.09. The largest absolute Gasteiger partial charge is 0.480 e. The van der Waals surface area contributed by atoms with E-state index in [0.717, 1.165) is 22.5 Å². The summed E-state index contributed by atoms with van der Waals surface area (Å²) in [7, 11) is 0. The maximum atomic E-state index is 11.4. The second-order valence-electron chi connectivity index (χ2n) is 5.58. The lowest BCUT2D eigenvalue weighted by molar-refractivity contribution is -0.137. The summed E-state index contributed by atoms with van der Waals surface area (Å²) in [4.78, 5) is 22.7. The van der Waals surface area contributed by atoms with Gasteiger partial charge in [0.2, 0.25) is 0 Å². The van der Waals surface area contributed by atoms with Crippen molar-refractivity contribution in [2.24, 2.45) is 0 Å². The molecular weight excluding hydrogens is 302 g/mol. The van der Waals surface area contributed by atoms with Crippen LogP contribution in [0.25, 0.3) is 22.5 Å². The quantitative estimate of drug-likeness (QED) is 0.720. The molecule has 1 N–H and O–H groups in total. The minimum Gasteiger partial charge on any atom is -0.480 e. The summed E-state index contributed by atoms with van der Waals surface area (Å²) in [5.74, 6) is -0.891. The molecular formula is C20H17NO3. The number of carbonyl (C=O) groups is 2. The van der Waals surface area contributed by atoms with Crippen molar-refractivity contribution in [3.8, 4) is 22.5 Å². The highest BCUT2D eigenvalue weighted by atomic mass is 16.4. The number of carboxylic acids is 1. The molecule has 1 heterocycles. The van der Waals surface area contributed by atoms with E-state index in [-0.39, 0.29) is 12.3 Å². The van der Waals surface area contributed by atoms with Crippen molar-refractivity contribution in [2.45, 2.75) is 13.5 Å². The van der Waals surface area contributed by atoms with Crippen molar-refractivity contribution in [1.29, 1.82) is 0 Å². The Morgan fingerprint density at radius 2 is 1.38 bits per heavy atom. The number of benzene rings is 2. The number of rotatable bonds is 5. The first-order valence-electron chi connectivity index (χ1n) is 7.64. The molecule has 1 aromatic heterocycles. The number of carboxylic acid groups (broad SMARTS) is 1. The van der Waals surface area contributed by atoms with Crippen LogP contribution in [0, 0.1) is 0 Å². The van der Waals surface area contributed by atoms with Gasteiger partial charge in [0.05, 0.1) is 0 Å². The molecule has 3 aromatic rings. The molecule has 0 fully saturated rings. The molecule has 0 aliphatic heterocycles. The third kappa shape index (κ3) is 3.13. The second kappa shape index (κ2) is 6.54. The number of nitrogens with zero attached hydrogens (tertiary/aromatic N) is 1. The lowest BCUT2D eigenvalue weighted by atomic mass is 10.1. The van der Waals surface area contributed by atoms with Crippen molar-refractivity contribution in [2.75, 3.05) is 0 Å². The summed E-state index contributed by atoms with van der Waals surface area (Å²) >= 11 is 0. The summed E-state index contributed by atoms with van der Waals surface area (Å²) in [6.07, 6.45) is 0. The van der Waals surface area contributed by atoms with E-state index in [1.165, 1.54) is 6.92 Å². The number of aromatic nitrogens is 1. The third-order valence-electron chi connectivity index (χ3n) is 3.93. The standard InChI is InChI=1S/C20H17NO3/c1-14(22)15-7-9-17(10-8-15)19-12-11-18(21(19)13-20(23)24)16-5-3-2-4-6-16/h2-12H,13H2,1H3,(H,23,24). The number of Topliss-reactive ketones (excluding diaryl/α,β-unsaturated/α-hetero) is 1. The fourth-order valence-electron chi connectivity index (χ4n) is 2.76. The van der Waals surface area contributed by atoms with Crippen molar-refractivity contribution < 1.29 is 14.7 Å². The molecule has 0 saturated carbocycles. The predicted octanol–water partition coefficient (Wildman–Crippen LogP) is 4.11. The Kier molecular flexibility index (Phi) is 4.29. The summed E-state index contributed by atoms with van der Waals surface area (Å²) in [5, 5.41) is 9.28. The summed E-state index contributed by atoms with van der Waals surface area (Å²) < 4.78 is 1.78. The number of ketones is 1. The highest BCUT2D eigenvalue weighted by Crippen LogP contribution is 2.29. The van der Waals surface area contributed by atoms with E-state index in [4.69, 9.17) is 0 Å². The van der Waals surface area contributed by atoms with Gasteiger partial charge in [0.15, 0.2) is 5.78 Å². The second-order valence-corrected chi connectivity index (χ2v) is 5.58. The van der Waals surface area contributed by atoms with E-state index >= 15 is 0 Å². The minimum atomic E-state index is -0.898. The van der Waals surface area contributed by atoms with Crippen molar-refractivity contribution >= 4 is 11.8 Å². The Morgan fingerprint density at radius 1 is 0.833 bits per heavy atom. The Morgan fingerprint density at radius 3 is 1.88 bits per heavy atom. The van der Waals surface area contributed by atoms with Crippen molar-refractivity contribution in [3.05, 3.63) is 72.3 Å². The first-order valence-corrected chi connectivity index (χ1v) is 7.64. The van der Waals surface area contributed by atoms with E-state index in [1.807, 2.05) is 54.6 Å². The van der Waals surface area contributed by atoms with Crippen LogP contribution in [0.3, 0.4) is 0 Å². The third-order valence-corrected chi connectivity index (χ3v) is 3.93. The first kappa shape index (κ1) is 15.7. The molecule has 0 atom stereocenters. The molecule has 0 aliphatic rings. The molecule has 3 rings (SSSR count). The number of hydrogen-bond acceptors (Lipinski definition) is 2. The fourth-order valence-corrected chi connectivity index (χ4v) is 2.76. The molecule has 4 nitrogen and oxygen atoms in total. The van der Waals surface area contributed by atoms with Gasteiger partial charge in [-0.25, -0.2) is 0 Å². The Labute approximate surface area is 140 Å². The molecule has 2 aromatic carbocycles. The normalized spacial score (nSPS) is 10.5. The number of carbonyl (C=O) groups excluding carboxylic acids is 1. The molecule has 0 spiro atoms. The molecule has 4 heteroatoms. The predicted molar refractivity (Wildman–Crippen MR) is 92.9 cm³/mol. The van der Waals surface area contributed by atoms with Crippen molar-refractivity contribution in [3.63, 3.8) is 0 Å². The maximum Gasteiger partial charge on any atom is 0.323 e. The Bertz CT molecular complexity index is 877. The van der Waals surface area contributed by atoms with Crippen LogP contribution < -0.4 is 0 Å². The maximum absolute atomic E-state index is 11.4. The highest BCUT2D eigenvalue weighted by molar-refractivity contribution is 5.94. The average molecular weight is 319 g/mol. The van der Waals surface area contributed by atoms with Gasteiger partial charge in [-0.1, -0.05) is 54.6 Å². The zero-order valence-electron chi connectivity index (χ0n) is 13.3. The van der Waals surface area contributed by atoms with Gasteiger partial charge in [-0.2, -0.15) is 0 Å². The van der Waals surface area contributed by atoms with E-state index in [1.54, 1.807) is 16.7 Å². The van der Waals surface area contributed by atoms with Gasteiger partial charge in [-0.3, -0.25) is 9.59 Å². The SMILES string of the molecule is CC(=O)c1ccc(-c2ccc(-c3ccccc3)n2CC(=O)O)cc1. The minimum absolute atomic E-state index is 0.00689. The molecule has 0 aliphatic carbocycles. The van der Waals surface area contributed by atoms with Gasteiger partial charge in [0.25, 0.3) is 0 Å². The van der Waals surface area contributed by atoms with Gasteiger partial charge in [0.1, 0.15) is 6.54 Å². The van der Waals surface area contributed by atoms with Crippen LogP contribution in [0.5, 0.6) is 0 Å². The molecule has 0 unspecified atom stereocenters. The van der Waals surface area contributed by atoms with Crippen LogP contribution >= 0.6 is 0 Å². The van der Waals surface area contributed by atoms with Gasteiger partial charge in [0, 0.05) is 17.0 Å². The van der Waals surface area contributed by atoms with E-state index in [2.05, 4.69) is 0 Å². The van der Waals surface area contributed by atoms with E-state index < -0.39 is 5.97 Å². The number of hydrogen-bond donors (Lipinski definition) is 1. The lowest BCUT2D eigenvalue weighted by Gasteiger charge is -2.12. The van der Waals surface area contributed by atoms with Crippen LogP contribution in [-0.4, -0.2) is 21.4 Å². The smallest absolute Gasteiger partial charge is 0.323 e. The summed E-state index contributed by atoms with van der Waals surface area (Å²) in [6.45, 7) is 1.40. The van der Waals surface area contributed by atoms with Crippen molar-refractivity contribution in [1.82, 2.24) is 4.57 Å². The topological polar surface area (TPSA) is 59.3 Å². The Hall–Kier alpha value is -3.14. The molecule has 24 heavy (non-hydrogen) atoms. The summed E-state index contributed by atoms with van der Waals surface area (Å²) in [5.41, 5.74) is 4.14. The summed E-state index contributed by atoms with van der Waals surface area (Å²) in [6, 6.07) is 20.7. The van der Waals surface area contributed by atoms with Crippen LogP contribution in [0.1, 0.15) is 17.3 Å². The highest BCUT2D eigenvalue weighted by Gasteiger charge is 2.14. The van der Waals surface area contributed by atoms with Gasteiger partial charge < -0.3 is 9.67 Å². The molecule has 0 radical (unpaired) electrons. The van der Waals surface area contributed by atoms with Gasteiger partial charge >= 0.3 is 5.97 Å². The average Bonchev–Trinajstić information content (AvgIpc) is 2.98.